The van der Waals surface area contributed by atoms with Gasteiger partial charge in [0.15, 0.2) is 0 Å². The van der Waals surface area contributed by atoms with Crippen molar-refractivity contribution in [3.63, 3.8) is 0 Å². The Morgan fingerprint density at radius 2 is 1.78 bits per heavy atom. The molecule has 0 saturated heterocycles. The zero-order valence-electron chi connectivity index (χ0n) is 14.7. The van der Waals surface area contributed by atoms with Crippen LogP contribution in [0.1, 0.15) is 16.1 Å². The Morgan fingerprint density at radius 3 is 2.41 bits per heavy atom. The number of hydrogen-bond acceptors (Lipinski definition) is 4. The molecule has 0 radical (unpaired) electrons. The van der Waals surface area contributed by atoms with Crippen molar-refractivity contribution < 1.29 is 13.6 Å². The summed E-state index contributed by atoms with van der Waals surface area (Å²) in [5.74, 6) is -2.35. The van der Waals surface area contributed by atoms with Gasteiger partial charge in [-0.1, -0.05) is 6.07 Å². The van der Waals surface area contributed by atoms with E-state index in [1.54, 1.807) is 24.7 Å². The number of amides is 1. The van der Waals surface area contributed by atoms with Crippen molar-refractivity contribution in [3.05, 3.63) is 83.9 Å². The third-order valence-electron chi connectivity index (χ3n) is 4.11. The number of carbonyl (C=O) groups is 1. The second-order valence-electron chi connectivity index (χ2n) is 5.98. The molecule has 1 N–H and O–H groups in total. The van der Waals surface area contributed by atoms with Gasteiger partial charge in [-0.25, -0.2) is 13.8 Å². The highest BCUT2D eigenvalue weighted by molar-refractivity contribution is 6.03. The minimum Gasteiger partial charge on any atom is -0.373 e. The molecule has 3 rings (SSSR count). The van der Waals surface area contributed by atoms with E-state index in [9.17, 15) is 13.6 Å². The smallest absolute Gasteiger partial charge is 0.274 e. The zero-order chi connectivity index (χ0) is 19.2. The van der Waals surface area contributed by atoms with Crippen LogP contribution in [0.15, 0.2) is 61.1 Å². The maximum atomic E-state index is 13.6. The lowest BCUT2D eigenvalue weighted by Crippen LogP contribution is -2.21. The van der Waals surface area contributed by atoms with E-state index in [4.69, 9.17) is 0 Å². The Hall–Kier alpha value is -3.35. The largest absolute Gasteiger partial charge is 0.373 e. The molecule has 1 aromatic carbocycles. The number of rotatable bonds is 6. The van der Waals surface area contributed by atoms with Gasteiger partial charge in [-0.05, 0) is 48.4 Å². The van der Waals surface area contributed by atoms with Crippen LogP contribution >= 0.6 is 0 Å². The first kappa shape index (κ1) is 18.4. The Morgan fingerprint density at radius 1 is 1.07 bits per heavy atom. The molecule has 1 amide bonds. The van der Waals surface area contributed by atoms with Gasteiger partial charge in [-0.3, -0.25) is 9.78 Å². The summed E-state index contributed by atoms with van der Waals surface area (Å²) in [5, 5.41) is 2.22. The van der Waals surface area contributed by atoms with Gasteiger partial charge in [-0.15, -0.1) is 0 Å². The van der Waals surface area contributed by atoms with Gasteiger partial charge in [0.1, 0.15) is 23.0 Å². The van der Waals surface area contributed by atoms with Crippen LogP contribution in [0.4, 0.5) is 20.2 Å². The van der Waals surface area contributed by atoms with E-state index < -0.39 is 23.2 Å². The highest BCUT2D eigenvalue weighted by Gasteiger charge is 2.14. The molecule has 3 aromatic rings. The van der Waals surface area contributed by atoms with Crippen LogP contribution in [0.25, 0.3) is 0 Å². The molecule has 0 saturated carbocycles. The van der Waals surface area contributed by atoms with Crippen LogP contribution in [0.2, 0.25) is 0 Å². The van der Waals surface area contributed by atoms with E-state index in [0.29, 0.717) is 0 Å². The number of likely N-dealkylation sites (N-methyl/N-ethyl adjacent to an activating group) is 1. The fourth-order valence-electron chi connectivity index (χ4n) is 2.52. The Bertz CT molecular complexity index is 897. The summed E-state index contributed by atoms with van der Waals surface area (Å²) in [6.45, 7) is 0.762. The molecule has 138 valence electrons. The number of nitrogens with one attached hydrogen (secondary N) is 1. The predicted molar refractivity (Wildman–Crippen MR) is 99.8 cm³/mol. The monoisotopic (exact) mass is 368 g/mol. The number of pyridine rings is 2. The highest BCUT2D eigenvalue weighted by atomic mass is 19.1. The normalized spacial score (nSPS) is 10.5. The number of halogens is 2. The van der Waals surface area contributed by atoms with E-state index in [2.05, 4.69) is 15.3 Å². The topological polar surface area (TPSA) is 58.1 Å². The van der Waals surface area contributed by atoms with Gasteiger partial charge < -0.3 is 10.2 Å². The van der Waals surface area contributed by atoms with Crippen LogP contribution < -0.4 is 10.2 Å². The molecule has 0 unspecified atom stereocenters. The molecule has 7 heteroatoms. The van der Waals surface area contributed by atoms with Crippen molar-refractivity contribution >= 4 is 17.3 Å². The third kappa shape index (κ3) is 4.63. The number of carbonyl (C=O) groups excluding carboxylic acids is 1. The minimum absolute atomic E-state index is 0.0731. The average molecular weight is 368 g/mol. The number of hydrogen-bond donors (Lipinski definition) is 1. The standard InChI is InChI=1S/C20H18F2N4O/c1-26(12-9-14-7-10-23-11-8-14)15-5-6-18(24-13-15)20(27)25-19-16(21)3-2-4-17(19)22/h2-8,10-11,13H,9,12H2,1H3,(H,25,27). The first-order valence-electron chi connectivity index (χ1n) is 8.36. The molecule has 0 aliphatic carbocycles. The Labute approximate surface area is 155 Å². The molecule has 2 aromatic heterocycles. The van der Waals surface area contributed by atoms with E-state index in [-0.39, 0.29) is 5.69 Å². The Balaban J connectivity index is 1.63. The summed E-state index contributed by atoms with van der Waals surface area (Å²) in [5.41, 5.74) is 1.59. The van der Waals surface area contributed by atoms with Crippen LogP contribution in [0.3, 0.4) is 0 Å². The predicted octanol–water partition coefficient (Wildman–Crippen LogP) is 3.69. The fourth-order valence-corrected chi connectivity index (χ4v) is 2.52. The van der Waals surface area contributed by atoms with Crippen molar-refractivity contribution in [2.24, 2.45) is 0 Å². The van der Waals surface area contributed by atoms with E-state index in [0.717, 1.165) is 30.8 Å². The molecule has 0 spiro atoms. The second-order valence-corrected chi connectivity index (χ2v) is 5.98. The van der Waals surface area contributed by atoms with Crippen LogP contribution in [0.5, 0.6) is 0 Å². The lowest BCUT2D eigenvalue weighted by Gasteiger charge is -2.19. The molecular weight excluding hydrogens is 350 g/mol. The maximum Gasteiger partial charge on any atom is 0.274 e. The second kappa shape index (κ2) is 8.35. The van der Waals surface area contributed by atoms with Crippen LogP contribution in [-0.4, -0.2) is 29.5 Å². The molecule has 0 aliphatic rings. The maximum absolute atomic E-state index is 13.6. The molecule has 0 bridgehead atoms. The molecule has 0 aliphatic heterocycles. The van der Waals surface area contributed by atoms with Gasteiger partial charge in [0.25, 0.3) is 5.91 Å². The number of anilines is 2. The fraction of sp³-hybridized carbons (Fsp3) is 0.150. The van der Waals surface area contributed by atoms with Gasteiger partial charge >= 0.3 is 0 Å². The SMILES string of the molecule is CN(CCc1ccncc1)c1ccc(C(=O)Nc2c(F)cccc2F)nc1. The third-order valence-corrected chi connectivity index (χ3v) is 4.11. The minimum atomic E-state index is -0.837. The molecule has 0 atom stereocenters. The van der Waals surface area contributed by atoms with Gasteiger partial charge in [0, 0.05) is 26.0 Å². The van der Waals surface area contributed by atoms with Gasteiger partial charge in [-0.2, -0.15) is 0 Å². The first-order valence-corrected chi connectivity index (χ1v) is 8.36. The Kier molecular flexibility index (Phi) is 5.71. The molecule has 5 nitrogen and oxygen atoms in total. The summed E-state index contributed by atoms with van der Waals surface area (Å²) in [6.07, 6.45) is 5.90. The van der Waals surface area contributed by atoms with Crippen molar-refractivity contribution in [1.82, 2.24) is 9.97 Å². The van der Waals surface area contributed by atoms with Crippen molar-refractivity contribution in [3.8, 4) is 0 Å². The molecule has 0 fully saturated rings. The van der Waals surface area contributed by atoms with E-state index >= 15 is 0 Å². The van der Waals surface area contributed by atoms with E-state index in [1.165, 1.54) is 17.7 Å². The summed E-state index contributed by atoms with van der Waals surface area (Å²) in [7, 11) is 1.92. The van der Waals surface area contributed by atoms with Crippen molar-refractivity contribution in [1.29, 1.82) is 0 Å². The highest BCUT2D eigenvalue weighted by Crippen LogP contribution is 2.19. The number of aromatic nitrogens is 2. The van der Waals surface area contributed by atoms with Gasteiger partial charge in [0.2, 0.25) is 0 Å². The summed E-state index contributed by atoms with van der Waals surface area (Å²) in [6, 6.07) is 10.6. The average Bonchev–Trinajstić information content (AvgIpc) is 2.70. The summed E-state index contributed by atoms with van der Waals surface area (Å²) >= 11 is 0. The summed E-state index contributed by atoms with van der Waals surface area (Å²) in [4.78, 5) is 22.3. The van der Waals surface area contributed by atoms with Crippen molar-refractivity contribution in [2.45, 2.75) is 6.42 Å². The molecule has 2 heterocycles. The van der Waals surface area contributed by atoms with Crippen LogP contribution in [-0.2, 0) is 6.42 Å². The quantitative estimate of drug-likeness (QED) is 0.721. The number of para-hydroxylation sites is 1. The van der Waals surface area contributed by atoms with Gasteiger partial charge in [0.05, 0.1) is 11.9 Å². The van der Waals surface area contributed by atoms with E-state index in [1.807, 2.05) is 24.1 Å². The molecule has 27 heavy (non-hydrogen) atoms. The lowest BCUT2D eigenvalue weighted by molar-refractivity contribution is 0.102. The van der Waals surface area contributed by atoms with Crippen LogP contribution in [0, 0.1) is 11.6 Å². The number of nitrogens with zero attached hydrogens (tertiary/aromatic N) is 3. The number of benzene rings is 1. The zero-order valence-corrected chi connectivity index (χ0v) is 14.7. The summed E-state index contributed by atoms with van der Waals surface area (Å²) < 4.78 is 27.3. The lowest BCUT2D eigenvalue weighted by atomic mass is 10.2. The van der Waals surface area contributed by atoms with Crippen molar-refractivity contribution in [2.75, 3.05) is 23.8 Å². The molecular formula is C20H18F2N4O. The first-order chi connectivity index (χ1) is 13.0.